The van der Waals surface area contributed by atoms with E-state index in [0.29, 0.717) is 0 Å². The number of nitrogens with one attached hydrogen (secondary N) is 1. The molecule has 0 saturated carbocycles. The topological polar surface area (TPSA) is 86.8 Å². The Morgan fingerprint density at radius 2 is 1.44 bits per heavy atom. The second-order valence-corrected chi connectivity index (χ2v) is 14.1. The summed E-state index contributed by atoms with van der Waals surface area (Å²) in [6.45, 7) is 4.37. The summed E-state index contributed by atoms with van der Waals surface area (Å²) < 4.78 is 44.0. The first-order valence-corrected chi connectivity index (χ1v) is 16.4. The van der Waals surface area contributed by atoms with Crippen LogP contribution in [0.2, 0.25) is 10.0 Å². The molecule has 1 N–H and O–H groups in total. The monoisotopic (exact) mass is 669 g/mol. The van der Waals surface area contributed by atoms with Crippen LogP contribution in [0.15, 0.2) is 108 Å². The van der Waals surface area contributed by atoms with Gasteiger partial charge in [0.1, 0.15) is 18.4 Å². The smallest absolute Gasteiger partial charge is 0.264 e. The number of anilines is 1. The molecule has 236 valence electrons. The second-order valence-electron chi connectivity index (χ2n) is 11.5. The highest BCUT2D eigenvalue weighted by molar-refractivity contribution is 7.92. The van der Waals surface area contributed by atoms with Gasteiger partial charge >= 0.3 is 0 Å². The van der Waals surface area contributed by atoms with Gasteiger partial charge < -0.3 is 10.2 Å². The maximum Gasteiger partial charge on any atom is 0.264 e. The molecule has 0 spiro atoms. The third-order valence-electron chi connectivity index (χ3n) is 6.88. The van der Waals surface area contributed by atoms with Crippen LogP contribution in [-0.4, -0.2) is 43.3 Å². The Kier molecular flexibility index (Phi) is 10.9. The van der Waals surface area contributed by atoms with E-state index in [9.17, 15) is 18.0 Å². The molecule has 0 fully saturated rings. The molecule has 0 unspecified atom stereocenters. The van der Waals surface area contributed by atoms with E-state index in [4.69, 9.17) is 23.2 Å². The average Bonchev–Trinajstić information content (AvgIpc) is 3.00. The van der Waals surface area contributed by atoms with Gasteiger partial charge in [-0.3, -0.25) is 13.9 Å². The first kappa shape index (κ1) is 34.0. The number of hydrogen-bond acceptors (Lipinski definition) is 4. The van der Waals surface area contributed by atoms with Crippen molar-refractivity contribution in [2.45, 2.75) is 50.2 Å². The van der Waals surface area contributed by atoms with E-state index in [2.05, 4.69) is 5.32 Å². The molecule has 4 aromatic rings. The Labute approximate surface area is 273 Å². The lowest BCUT2D eigenvalue weighted by molar-refractivity contribution is -0.140. The number of carbonyl (C=O) groups is 2. The molecule has 7 nitrogen and oxygen atoms in total. The highest BCUT2D eigenvalue weighted by Gasteiger charge is 2.36. The van der Waals surface area contributed by atoms with Crippen LogP contribution < -0.4 is 9.62 Å². The van der Waals surface area contributed by atoms with E-state index in [1.165, 1.54) is 53.4 Å². The molecule has 4 aromatic carbocycles. The van der Waals surface area contributed by atoms with Gasteiger partial charge in [-0.05, 0) is 56.7 Å². The highest BCUT2D eigenvalue weighted by atomic mass is 35.5. The summed E-state index contributed by atoms with van der Waals surface area (Å²) in [7, 11) is -4.37. The maximum absolute atomic E-state index is 15.0. The number of halogens is 3. The third kappa shape index (κ3) is 8.63. The molecule has 45 heavy (non-hydrogen) atoms. The van der Waals surface area contributed by atoms with Crippen molar-refractivity contribution in [2.75, 3.05) is 10.8 Å². The van der Waals surface area contributed by atoms with Gasteiger partial charge in [0.15, 0.2) is 0 Å². The molecule has 11 heteroatoms. The molecule has 0 saturated heterocycles. The Morgan fingerprint density at radius 3 is 2.07 bits per heavy atom. The minimum Gasteiger partial charge on any atom is -0.350 e. The zero-order chi connectivity index (χ0) is 32.8. The fourth-order valence-electron chi connectivity index (χ4n) is 4.74. The van der Waals surface area contributed by atoms with Gasteiger partial charge in [0.05, 0.1) is 20.6 Å². The summed E-state index contributed by atoms with van der Waals surface area (Å²) in [5, 5.41) is 2.95. The fourth-order valence-corrected chi connectivity index (χ4v) is 6.63. The summed E-state index contributed by atoms with van der Waals surface area (Å²) in [6.07, 6.45) is 0.0896. The van der Waals surface area contributed by atoms with E-state index in [1.54, 1.807) is 24.3 Å². The number of nitrogens with zero attached hydrogens (tertiary/aromatic N) is 2. The van der Waals surface area contributed by atoms with Crippen LogP contribution in [-0.2, 0) is 32.6 Å². The predicted molar refractivity (Wildman–Crippen MR) is 176 cm³/mol. The van der Waals surface area contributed by atoms with Gasteiger partial charge in [-0.1, -0.05) is 96.0 Å². The molecule has 0 radical (unpaired) electrons. The van der Waals surface area contributed by atoms with E-state index in [-0.39, 0.29) is 39.2 Å². The van der Waals surface area contributed by atoms with Crippen LogP contribution in [0.3, 0.4) is 0 Å². The first-order valence-electron chi connectivity index (χ1n) is 14.2. The van der Waals surface area contributed by atoms with Crippen molar-refractivity contribution in [3.8, 4) is 0 Å². The molecule has 0 bridgehead atoms. The molecule has 4 rings (SSSR count). The van der Waals surface area contributed by atoms with Crippen molar-refractivity contribution in [1.29, 1.82) is 0 Å². The molecule has 1 atom stereocenters. The number of benzene rings is 4. The summed E-state index contributed by atoms with van der Waals surface area (Å²) in [5.74, 6) is -1.80. The number of carbonyl (C=O) groups excluding carboxylic acids is 2. The molecule has 0 aromatic heterocycles. The number of amides is 2. The summed E-state index contributed by atoms with van der Waals surface area (Å²) in [5.41, 5.74) is 0.233. The SMILES string of the molecule is CC(C)(C)NC(=O)[C@@H](Cc1ccccc1)N(Cc1ccccc1F)C(=O)CN(c1cccc(Cl)c1Cl)S(=O)(=O)c1ccccc1. The second kappa shape index (κ2) is 14.5. The van der Waals surface area contributed by atoms with Crippen molar-refractivity contribution in [2.24, 2.45) is 0 Å². The Morgan fingerprint density at radius 1 is 0.844 bits per heavy atom. The zero-order valence-electron chi connectivity index (χ0n) is 25.1. The largest absolute Gasteiger partial charge is 0.350 e. The van der Waals surface area contributed by atoms with Gasteiger partial charge in [-0.25, -0.2) is 12.8 Å². The molecule has 2 amide bonds. The maximum atomic E-state index is 15.0. The minimum absolute atomic E-state index is 0.0223. The van der Waals surface area contributed by atoms with Gasteiger partial charge in [0.25, 0.3) is 10.0 Å². The van der Waals surface area contributed by atoms with E-state index < -0.39 is 45.8 Å². The Hall–Kier alpha value is -3.92. The standard InChI is InChI=1S/C34H34Cl2FN3O4S/c1-34(2,3)38-33(42)30(21-24-13-6-4-7-14-24)39(22-25-15-10-11-19-28(25)37)31(41)23-40(29-20-12-18-27(35)32(29)36)45(43,44)26-16-8-5-9-17-26/h4-20,30H,21-23H2,1-3H3,(H,38,42)/t30-/m1/s1. The van der Waals surface area contributed by atoms with Gasteiger partial charge in [0.2, 0.25) is 11.8 Å². The normalized spacial score (nSPS) is 12.3. The van der Waals surface area contributed by atoms with Crippen molar-refractivity contribution < 1.29 is 22.4 Å². The Bertz CT molecular complexity index is 1750. The first-order chi connectivity index (χ1) is 21.3. The quantitative estimate of drug-likeness (QED) is 0.189. The van der Waals surface area contributed by atoms with Crippen molar-refractivity contribution in [3.05, 3.63) is 130 Å². The van der Waals surface area contributed by atoms with Crippen LogP contribution >= 0.6 is 23.2 Å². The fraction of sp³-hybridized carbons (Fsp3) is 0.235. The average molecular weight is 671 g/mol. The van der Waals surface area contributed by atoms with Crippen LogP contribution in [0.5, 0.6) is 0 Å². The number of sulfonamides is 1. The Balaban J connectivity index is 1.85. The van der Waals surface area contributed by atoms with E-state index in [0.717, 1.165) is 9.87 Å². The molecular weight excluding hydrogens is 636 g/mol. The van der Waals surface area contributed by atoms with Crippen LogP contribution in [0.25, 0.3) is 0 Å². The van der Waals surface area contributed by atoms with Gasteiger partial charge in [-0.2, -0.15) is 0 Å². The zero-order valence-corrected chi connectivity index (χ0v) is 27.4. The number of hydrogen-bond donors (Lipinski definition) is 1. The van der Waals surface area contributed by atoms with Crippen LogP contribution in [0.1, 0.15) is 31.9 Å². The molecule has 0 aliphatic heterocycles. The lowest BCUT2D eigenvalue weighted by Gasteiger charge is -2.35. The third-order valence-corrected chi connectivity index (χ3v) is 9.46. The predicted octanol–water partition coefficient (Wildman–Crippen LogP) is 6.88. The lowest BCUT2D eigenvalue weighted by Crippen LogP contribution is -2.56. The molecular formula is C34H34Cl2FN3O4S. The molecule has 0 aliphatic carbocycles. The molecule has 0 heterocycles. The summed E-state index contributed by atoms with van der Waals surface area (Å²) in [6, 6.07) is 25.9. The molecule has 0 aliphatic rings. The van der Waals surface area contributed by atoms with Crippen molar-refractivity contribution >= 4 is 50.7 Å². The van der Waals surface area contributed by atoms with Gasteiger partial charge in [-0.15, -0.1) is 0 Å². The van der Waals surface area contributed by atoms with E-state index in [1.807, 2.05) is 51.1 Å². The van der Waals surface area contributed by atoms with Crippen LogP contribution in [0, 0.1) is 5.82 Å². The highest BCUT2D eigenvalue weighted by Crippen LogP contribution is 2.35. The minimum atomic E-state index is -4.37. The summed E-state index contributed by atoms with van der Waals surface area (Å²) in [4.78, 5) is 29.5. The lowest BCUT2D eigenvalue weighted by atomic mass is 10.0. The van der Waals surface area contributed by atoms with Crippen molar-refractivity contribution in [1.82, 2.24) is 10.2 Å². The van der Waals surface area contributed by atoms with Gasteiger partial charge in [0, 0.05) is 24.1 Å². The van der Waals surface area contributed by atoms with E-state index >= 15 is 4.39 Å². The van der Waals surface area contributed by atoms with Crippen molar-refractivity contribution in [3.63, 3.8) is 0 Å². The number of rotatable bonds is 11. The van der Waals surface area contributed by atoms with Crippen LogP contribution in [0.4, 0.5) is 10.1 Å². The summed E-state index contributed by atoms with van der Waals surface area (Å²) >= 11 is 12.8.